The normalized spacial score (nSPS) is 14.1. The molecule has 4 aromatic carbocycles. The first-order valence-corrected chi connectivity index (χ1v) is 17.9. The lowest BCUT2D eigenvalue weighted by Gasteiger charge is -2.34. The molecular weight excluding hydrogens is 686 g/mol. The quantitative estimate of drug-likeness (QED) is 0.166. The van der Waals surface area contributed by atoms with E-state index < -0.39 is 28.5 Å². The molecular formula is C36H37BrClN3O4S. The topological polar surface area (TPSA) is 86.8 Å². The van der Waals surface area contributed by atoms with Gasteiger partial charge in [-0.05, 0) is 67.3 Å². The van der Waals surface area contributed by atoms with Crippen molar-refractivity contribution in [1.82, 2.24) is 10.2 Å². The standard InChI is InChI=1S/C36H37BrClN3O4S/c1-26-15-21-31(22-16-26)46(44,45)41(33-14-8-7-13-32(33)38)25-35(42)40(24-28-17-19-29(37)20-18-28)34(23-27-9-3-2-4-10-27)36(43)39-30-11-5-6-12-30/h2-4,7-10,13-22,30,34H,5-6,11-12,23-25H2,1H3,(H,39,43)/t34-/m1/s1. The number of sulfonamides is 1. The summed E-state index contributed by atoms with van der Waals surface area (Å²) in [5, 5.41) is 3.38. The molecule has 240 valence electrons. The van der Waals surface area contributed by atoms with E-state index in [1.54, 1.807) is 36.4 Å². The van der Waals surface area contributed by atoms with Gasteiger partial charge in [0, 0.05) is 23.5 Å². The third kappa shape index (κ3) is 8.37. The zero-order valence-electron chi connectivity index (χ0n) is 25.6. The van der Waals surface area contributed by atoms with Crippen molar-refractivity contribution in [1.29, 1.82) is 0 Å². The molecule has 1 fully saturated rings. The summed E-state index contributed by atoms with van der Waals surface area (Å²) in [5.74, 6) is -0.784. The van der Waals surface area contributed by atoms with Crippen molar-refractivity contribution in [2.45, 2.75) is 62.6 Å². The van der Waals surface area contributed by atoms with E-state index in [-0.39, 0.29) is 40.5 Å². The molecule has 0 radical (unpaired) electrons. The van der Waals surface area contributed by atoms with Gasteiger partial charge in [0.2, 0.25) is 11.8 Å². The maximum atomic E-state index is 14.6. The van der Waals surface area contributed by atoms with Crippen molar-refractivity contribution in [2.75, 3.05) is 10.8 Å². The van der Waals surface area contributed by atoms with E-state index in [4.69, 9.17) is 11.6 Å². The molecule has 0 aliphatic heterocycles. The molecule has 2 amide bonds. The van der Waals surface area contributed by atoms with E-state index in [9.17, 15) is 18.0 Å². The number of benzene rings is 4. The highest BCUT2D eigenvalue weighted by Gasteiger charge is 2.36. The van der Waals surface area contributed by atoms with Gasteiger partial charge in [-0.2, -0.15) is 0 Å². The summed E-state index contributed by atoms with van der Waals surface area (Å²) in [7, 11) is -4.23. The molecule has 1 saturated carbocycles. The summed E-state index contributed by atoms with van der Waals surface area (Å²) in [6.07, 6.45) is 4.12. The monoisotopic (exact) mass is 721 g/mol. The highest BCUT2D eigenvalue weighted by Crippen LogP contribution is 2.31. The average Bonchev–Trinajstić information content (AvgIpc) is 3.56. The summed E-state index contributed by atoms with van der Waals surface area (Å²) >= 11 is 10.0. The minimum atomic E-state index is -4.23. The Bertz CT molecular complexity index is 1750. The fourth-order valence-electron chi connectivity index (χ4n) is 5.71. The number of carbonyl (C=O) groups is 2. The van der Waals surface area contributed by atoms with Gasteiger partial charge in [0.05, 0.1) is 15.6 Å². The number of para-hydroxylation sites is 1. The Hall–Kier alpha value is -3.66. The number of halogens is 2. The molecule has 7 nitrogen and oxygen atoms in total. The van der Waals surface area contributed by atoms with Crippen LogP contribution in [0.1, 0.15) is 42.4 Å². The largest absolute Gasteiger partial charge is 0.352 e. The molecule has 0 unspecified atom stereocenters. The summed E-state index contributed by atoms with van der Waals surface area (Å²) < 4.78 is 30.3. The Morgan fingerprint density at radius 3 is 2.15 bits per heavy atom. The van der Waals surface area contributed by atoms with Crippen LogP contribution in [0.2, 0.25) is 5.02 Å². The predicted molar refractivity (Wildman–Crippen MR) is 186 cm³/mol. The molecule has 0 bridgehead atoms. The second kappa shape index (κ2) is 15.3. The predicted octanol–water partition coefficient (Wildman–Crippen LogP) is 7.31. The fraction of sp³-hybridized carbons (Fsp3) is 0.278. The lowest BCUT2D eigenvalue weighted by atomic mass is 10.0. The first kappa shape index (κ1) is 33.7. The van der Waals surface area contributed by atoms with Gasteiger partial charge in [-0.25, -0.2) is 8.42 Å². The van der Waals surface area contributed by atoms with Gasteiger partial charge < -0.3 is 10.2 Å². The SMILES string of the molecule is Cc1ccc(S(=O)(=O)N(CC(=O)N(Cc2ccc(Br)cc2)[C@H](Cc2ccccc2)C(=O)NC2CCCC2)c2ccccc2Cl)cc1. The molecule has 1 atom stereocenters. The highest BCUT2D eigenvalue weighted by molar-refractivity contribution is 9.10. The number of nitrogens with one attached hydrogen (secondary N) is 1. The average molecular weight is 723 g/mol. The second-order valence-corrected chi connectivity index (χ2v) is 14.8. The molecule has 1 aliphatic rings. The van der Waals surface area contributed by atoms with Crippen molar-refractivity contribution >= 4 is 55.1 Å². The Labute approximate surface area is 284 Å². The number of hydrogen-bond acceptors (Lipinski definition) is 4. The number of anilines is 1. The number of hydrogen-bond donors (Lipinski definition) is 1. The smallest absolute Gasteiger partial charge is 0.264 e. The summed E-state index contributed by atoms with van der Waals surface area (Å²) in [4.78, 5) is 30.2. The van der Waals surface area contributed by atoms with Crippen LogP contribution in [0.3, 0.4) is 0 Å². The highest BCUT2D eigenvalue weighted by atomic mass is 79.9. The van der Waals surface area contributed by atoms with E-state index in [0.717, 1.165) is 51.2 Å². The van der Waals surface area contributed by atoms with Crippen molar-refractivity contribution < 1.29 is 18.0 Å². The zero-order valence-corrected chi connectivity index (χ0v) is 28.8. The van der Waals surface area contributed by atoms with Crippen LogP contribution in [0, 0.1) is 6.92 Å². The Balaban J connectivity index is 1.57. The van der Waals surface area contributed by atoms with Crippen LogP contribution in [-0.2, 0) is 32.6 Å². The van der Waals surface area contributed by atoms with Gasteiger partial charge in [0.1, 0.15) is 12.6 Å². The molecule has 5 rings (SSSR count). The second-order valence-electron chi connectivity index (χ2n) is 11.6. The Kier molecular flexibility index (Phi) is 11.2. The number of carbonyl (C=O) groups excluding carboxylic acids is 2. The maximum absolute atomic E-state index is 14.6. The fourth-order valence-corrected chi connectivity index (χ4v) is 7.70. The Morgan fingerprint density at radius 1 is 0.870 bits per heavy atom. The molecule has 10 heteroatoms. The number of rotatable bonds is 12. The lowest BCUT2D eigenvalue weighted by Crippen LogP contribution is -2.54. The van der Waals surface area contributed by atoms with Gasteiger partial charge in [-0.1, -0.05) is 113 Å². The maximum Gasteiger partial charge on any atom is 0.264 e. The van der Waals surface area contributed by atoms with E-state index in [0.29, 0.717) is 0 Å². The summed E-state index contributed by atoms with van der Waals surface area (Å²) in [6.45, 7) is 1.41. The first-order chi connectivity index (χ1) is 22.1. The van der Waals surface area contributed by atoms with Crippen molar-refractivity contribution in [3.05, 3.63) is 129 Å². The van der Waals surface area contributed by atoms with Crippen LogP contribution in [0.15, 0.2) is 112 Å². The van der Waals surface area contributed by atoms with Gasteiger partial charge in [0.15, 0.2) is 0 Å². The molecule has 4 aromatic rings. The molecule has 1 N–H and O–H groups in total. The van der Waals surface area contributed by atoms with Crippen molar-refractivity contribution in [3.63, 3.8) is 0 Å². The molecule has 46 heavy (non-hydrogen) atoms. The molecule has 0 heterocycles. The van der Waals surface area contributed by atoms with Crippen LogP contribution < -0.4 is 9.62 Å². The number of aryl methyl sites for hydroxylation is 1. The minimum Gasteiger partial charge on any atom is -0.352 e. The van der Waals surface area contributed by atoms with Gasteiger partial charge in [0.25, 0.3) is 10.0 Å². The summed E-state index contributed by atoms with van der Waals surface area (Å²) in [6, 6.07) is 29.2. The zero-order chi connectivity index (χ0) is 32.7. The third-order valence-electron chi connectivity index (χ3n) is 8.25. The van der Waals surface area contributed by atoms with Crippen LogP contribution in [0.25, 0.3) is 0 Å². The van der Waals surface area contributed by atoms with Crippen LogP contribution >= 0.6 is 27.5 Å². The van der Waals surface area contributed by atoms with E-state index in [1.807, 2.05) is 61.5 Å². The van der Waals surface area contributed by atoms with E-state index >= 15 is 0 Å². The van der Waals surface area contributed by atoms with Gasteiger partial charge >= 0.3 is 0 Å². The minimum absolute atomic E-state index is 0.0325. The van der Waals surface area contributed by atoms with E-state index in [1.165, 1.54) is 17.0 Å². The first-order valence-electron chi connectivity index (χ1n) is 15.3. The van der Waals surface area contributed by atoms with E-state index in [2.05, 4.69) is 21.2 Å². The van der Waals surface area contributed by atoms with Crippen LogP contribution in [0.4, 0.5) is 5.69 Å². The third-order valence-corrected chi connectivity index (χ3v) is 10.9. The molecule has 0 aromatic heterocycles. The Morgan fingerprint density at radius 2 is 1.50 bits per heavy atom. The molecule has 1 aliphatic carbocycles. The lowest BCUT2D eigenvalue weighted by molar-refractivity contribution is -0.140. The van der Waals surface area contributed by atoms with Gasteiger partial charge in [-0.15, -0.1) is 0 Å². The number of nitrogens with zero attached hydrogens (tertiary/aromatic N) is 2. The van der Waals surface area contributed by atoms with Crippen LogP contribution in [0.5, 0.6) is 0 Å². The van der Waals surface area contributed by atoms with Crippen molar-refractivity contribution in [3.8, 4) is 0 Å². The van der Waals surface area contributed by atoms with Crippen molar-refractivity contribution in [2.24, 2.45) is 0 Å². The summed E-state index contributed by atoms with van der Waals surface area (Å²) in [5.41, 5.74) is 2.76. The molecule has 0 spiro atoms. The van der Waals surface area contributed by atoms with Crippen LogP contribution in [-0.4, -0.2) is 43.8 Å². The van der Waals surface area contributed by atoms with Gasteiger partial charge in [-0.3, -0.25) is 13.9 Å². The molecule has 0 saturated heterocycles. The number of amides is 2.